The lowest BCUT2D eigenvalue weighted by atomic mass is 10.1. The molecule has 1 aliphatic heterocycles. The Bertz CT molecular complexity index is 858. The fraction of sp³-hybridized carbons (Fsp3) is 0.158. The molecule has 2 heterocycles. The van der Waals surface area contributed by atoms with Crippen molar-refractivity contribution in [2.45, 2.75) is 6.54 Å². The van der Waals surface area contributed by atoms with E-state index < -0.39 is 0 Å². The summed E-state index contributed by atoms with van der Waals surface area (Å²) in [7, 11) is 1.56. The number of carbonyl (C=O) groups is 1. The highest BCUT2D eigenvalue weighted by atomic mass is 32.1. The SMILES string of the molecule is C=CCOc1ccc(/C=C2\NC(=S)N(Cc3ccco3)C2=O)cc1OC. The summed E-state index contributed by atoms with van der Waals surface area (Å²) in [5, 5.41) is 3.29. The minimum absolute atomic E-state index is 0.211. The van der Waals surface area contributed by atoms with E-state index in [4.69, 9.17) is 26.1 Å². The standard InChI is InChI=1S/C19H18N2O4S/c1-3-8-25-16-7-6-13(11-17(16)23-2)10-15-18(22)21(19(26)20-15)12-14-5-4-9-24-14/h3-7,9-11H,1,8,12H2,2H3,(H,20,26)/b15-10-. The van der Waals surface area contributed by atoms with E-state index in [9.17, 15) is 4.79 Å². The average molecular weight is 370 g/mol. The molecule has 1 fully saturated rings. The van der Waals surface area contributed by atoms with Crippen molar-refractivity contribution in [2.24, 2.45) is 0 Å². The molecule has 1 saturated heterocycles. The van der Waals surface area contributed by atoms with Crippen LogP contribution < -0.4 is 14.8 Å². The maximum Gasteiger partial charge on any atom is 0.276 e. The topological polar surface area (TPSA) is 63.9 Å². The number of thiocarbonyl (C=S) groups is 1. The number of methoxy groups -OCH3 is 1. The van der Waals surface area contributed by atoms with Gasteiger partial charge in [-0.1, -0.05) is 18.7 Å². The van der Waals surface area contributed by atoms with Gasteiger partial charge in [0.2, 0.25) is 0 Å². The molecular weight excluding hydrogens is 352 g/mol. The monoisotopic (exact) mass is 370 g/mol. The number of amides is 1. The maximum atomic E-state index is 12.6. The van der Waals surface area contributed by atoms with Crippen LogP contribution in [0.1, 0.15) is 11.3 Å². The van der Waals surface area contributed by atoms with E-state index in [0.29, 0.717) is 34.7 Å². The summed E-state index contributed by atoms with van der Waals surface area (Å²) >= 11 is 5.26. The number of nitrogens with one attached hydrogen (secondary N) is 1. The highest BCUT2D eigenvalue weighted by Gasteiger charge is 2.31. The molecule has 0 unspecified atom stereocenters. The van der Waals surface area contributed by atoms with Crippen LogP contribution in [0.4, 0.5) is 0 Å². The van der Waals surface area contributed by atoms with E-state index in [-0.39, 0.29) is 12.5 Å². The Morgan fingerprint density at radius 1 is 1.35 bits per heavy atom. The van der Waals surface area contributed by atoms with E-state index in [0.717, 1.165) is 5.56 Å². The van der Waals surface area contributed by atoms with Crippen molar-refractivity contribution >= 4 is 29.3 Å². The van der Waals surface area contributed by atoms with Gasteiger partial charge >= 0.3 is 0 Å². The molecule has 1 amide bonds. The third-order valence-electron chi connectivity index (χ3n) is 3.71. The zero-order valence-corrected chi connectivity index (χ0v) is 15.0. The number of ether oxygens (including phenoxy) is 2. The van der Waals surface area contributed by atoms with Gasteiger partial charge in [0.1, 0.15) is 18.1 Å². The molecule has 1 aliphatic rings. The number of hydrogen-bond acceptors (Lipinski definition) is 5. The summed E-state index contributed by atoms with van der Waals surface area (Å²) in [6, 6.07) is 8.97. The molecule has 0 bridgehead atoms. The van der Waals surface area contributed by atoms with Crippen LogP contribution in [0.2, 0.25) is 0 Å². The van der Waals surface area contributed by atoms with Crippen molar-refractivity contribution in [2.75, 3.05) is 13.7 Å². The van der Waals surface area contributed by atoms with Crippen molar-refractivity contribution in [1.82, 2.24) is 10.2 Å². The van der Waals surface area contributed by atoms with Crippen molar-refractivity contribution in [3.63, 3.8) is 0 Å². The molecule has 26 heavy (non-hydrogen) atoms. The molecule has 0 spiro atoms. The van der Waals surface area contributed by atoms with Crippen LogP contribution in [0.3, 0.4) is 0 Å². The van der Waals surface area contributed by atoms with E-state index in [2.05, 4.69) is 11.9 Å². The van der Waals surface area contributed by atoms with Gasteiger partial charge in [-0.05, 0) is 48.1 Å². The van der Waals surface area contributed by atoms with Gasteiger partial charge in [0.25, 0.3) is 5.91 Å². The van der Waals surface area contributed by atoms with Crippen LogP contribution in [0, 0.1) is 0 Å². The fourth-order valence-corrected chi connectivity index (χ4v) is 2.74. The molecule has 1 aromatic carbocycles. The van der Waals surface area contributed by atoms with Gasteiger partial charge in [-0.15, -0.1) is 0 Å². The Hall–Kier alpha value is -3.06. The Kier molecular flexibility index (Phi) is 5.38. The van der Waals surface area contributed by atoms with Crippen LogP contribution >= 0.6 is 12.2 Å². The molecule has 1 aromatic heterocycles. The second-order valence-corrected chi connectivity index (χ2v) is 5.86. The number of hydrogen-bond donors (Lipinski definition) is 1. The minimum Gasteiger partial charge on any atom is -0.493 e. The van der Waals surface area contributed by atoms with Gasteiger partial charge in [0, 0.05) is 0 Å². The lowest BCUT2D eigenvalue weighted by molar-refractivity contribution is -0.122. The van der Waals surface area contributed by atoms with Gasteiger partial charge < -0.3 is 19.2 Å². The molecule has 0 saturated carbocycles. The van der Waals surface area contributed by atoms with Gasteiger partial charge in [0.15, 0.2) is 16.6 Å². The van der Waals surface area contributed by atoms with Crippen LogP contribution in [0.15, 0.2) is 59.4 Å². The predicted molar refractivity (Wildman–Crippen MR) is 102 cm³/mol. The first-order valence-corrected chi connectivity index (χ1v) is 8.32. The smallest absolute Gasteiger partial charge is 0.276 e. The van der Waals surface area contributed by atoms with Gasteiger partial charge in [0.05, 0.1) is 19.9 Å². The highest BCUT2D eigenvalue weighted by molar-refractivity contribution is 7.80. The number of rotatable bonds is 7. The molecular formula is C19H18N2O4S. The van der Waals surface area contributed by atoms with Gasteiger partial charge in [-0.3, -0.25) is 9.69 Å². The summed E-state index contributed by atoms with van der Waals surface area (Å²) in [4.78, 5) is 14.1. The van der Waals surface area contributed by atoms with Crippen LogP contribution in [0.5, 0.6) is 11.5 Å². The lowest BCUT2D eigenvalue weighted by Crippen LogP contribution is -2.29. The lowest BCUT2D eigenvalue weighted by Gasteiger charge is -2.11. The van der Waals surface area contributed by atoms with E-state index in [1.165, 1.54) is 4.90 Å². The number of carbonyl (C=O) groups excluding carboxylic acids is 1. The van der Waals surface area contributed by atoms with Crippen LogP contribution in [-0.4, -0.2) is 29.6 Å². The van der Waals surface area contributed by atoms with E-state index >= 15 is 0 Å². The maximum absolute atomic E-state index is 12.6. The second kappa shape index (κ2) is 7.88. The number of nitrogens with zero attached hydrogens (tertiary/aromatic N) is 1. The number of benzene rings is 1. The summed E-state index contributed by atoms with van der Waals surface area (Å²) in [5.74, 6) is 1.63. The average Bonchev–Trinajstić information content (AvgIpc) is 3.25. The Morgan fingerprint density at radius 3 is 2.88 bits per heavy atom. The Balaban J connectivity index is 1.80. The van der Waals surface area contributed by atoms with Crippen molar-refractivity contribution in [3.05, 3.63) is 66.3 Å². The zero-order chi connectivity index (χ0) is 18.5. The summed E-state index contributed by atoms with van der Waals surface area (Å²) in [6.07, 6.45) is 4.94. The molecule has 1 N–H and O–H groups in total. The minimum atomic E-state index is -0.211. The van der Waals surface area contributed by atoms with Crippen molar-refractivity contribution in [1.29, 1.82) is 0 Å². The van der Waals surface area contributed by atoms with Crippen LogP contribution in [-0.2, 0) is 11.3 Å². The summed E-state index contributed by atoms with van der Waals surface area (Å²) in [6.45, 7) is 4.29. The normalized spacial score (nSPS) is 15.3. The Morgan fingerprint density at radius 2 is 2.19 bits per heavy atom. The summed E-state index contributed by atoms with van der Waals surface area (Å²) in [5.41, 5.74) is 1.18. The molecule has 0 atom stereocenters. The van der Waals surface area contributed by atoms with Gasteiger partial charge in [-0.25, -0.2) is 0 Å². The molecule has 3 rings (SSSR count). The largest absolute Gasteiger partial charge is 0.493 e. The molecule has 2 aromatic rings. The molecule has 6 nitrogen and oxygen atoms in total. The summed E-state index contributed by atoms with van der Waals surface area (Å²) < 4.78 is 16.2. The fourth-order valence-electron chi connectivity index (χ4n) is 2.48. The third kappa shape index (κ3) is 3.78. The second-order valence-electron chi connectivity index (χ2n) is 5.47. The zero-order valence-electron chi connectivity index (χ0n) is 14.2. The van der Waals surface area contributed by atoms with E-state index in [1.807, 2.05) is 6.07 Å². The first-order valence-electron chi connectivity index (χ1n) is 7.91. The quantitative estimate of drug-likeness (QED) is 0.459. The molecule has 0 radical (unpaired) electrons. The van der Waals surface area contributed by atoms with Crippen LogP contribution in [0.25, 0.3) is 6.08 Å². The highest BCUT2D eigenvalue weighted by Crippen LogP contribution is 2.29. The molecule has 134 valence electrons. The third-order valence-corrected chi connectivity index (χ3v) is 4.03. The van der Waals surface area contributed by atoms with Gasteiger partial charge in [-0.2, -0.15) is 0 Å². The molecule has 7 heteroatoms. The number of furan rings is 1. The first-order chi connectivity index (χ1) is 12.6. The Labute approximate surface area is 156 Å². The van der Waals surface area contributed by atoms with Crippen molar-refractivity contribution in [3.8, 4) is 11.5 Å². The van der Waals surface area contributed by atoms with Crippen molar-refractivity contribution < 1.29 is 18.7 Å². The van der Waals surface area contributed by atoms with E-state index in [1.54, 1.807) is 49.8 Å². The predicted octanol–water partition coefficient (Wildman–Crippen LogP) is 3.11. The first kappa shape index (κ1) is 17.8. The molecule has 0 aliphatic carbocycles.